The molecule has 1 fully saturated rings. The van der Waals surface area contributed by atoms with E-state index in [9.17, 15) is 5.11 Å². The molecule has 0 radical (unpaired) electrons. The van der Waals surface area contributed by atoms with Crippen molar-refractivity contribution in [3.63, 3.8) is 0 Å². The second-order valence-corrected chi connectivity index (χ2v) is 6.45. The Hall–Kier alpha value is -1.06. The number of nitrogens with zero attached hydrogens (tertiary/aromatic N) is 1. The van der Waals surface area contributed by atoms with Crippen LogP contribution in [0.4, 0.5) is 0 Å². The second kappa shape index (κ2) is 7.09. The maximum atomic E-state index is 10.1. The van der Waals surface area contributed by atoms with E-state index in [-0.39, 0.29) is 0 Å². The number of hydrogen-bond acceptors (Lipinski definition) is 3. The highest BCUT2D eigenvalue weighted by atomic mass is 16.5. The molecule has 20 heavy (non-hydrogen) atoms. The summed E-state index contributed by atoms with van der Waals surface area (Å²) in [5, 5.41) is 10.1. The maximum Gasteiger partial charge on any atom is 0.119 e. The number of ether oxygens (including phenoxy) is 1. The molecule has 3 heteroatoms. The van der Waals surface area contributed by atoms with Crippen LogP contribution in [0.2, 0.25) is 0 Å². The predicted octanol–water partition coefficient (Wildman–Crippen LogP) is 2.71. The summed E-state index contributed by atoms with van der Waals surface area (Å²) in [6.45, 7) is 9.87. The van der Waals surface area contributed by atoms with E-state index in [1.807, 2.05) is 31.2 Å². The fraction of sp³-hybridized carbons (Fsp3) is 0.647. The Morgan fingerprint density at radius 1 is 1.30 bits per heavy atom. The first-order valence-corrected chi connectivity index (χ1v) is 7.63. The van der Waals surface area contributed by atoms with Gasteiger partial charge in [-0.25, -0.2) is 0 Å². The quantitative estimate of drug-likeness (QED) is 0.898. The Morgan fingerprint density at radius 2 is 2.00 bits per heavy atom. The largest absolute Gasteiger partial charge is 0.491 e. The van der Waals surface area contributed by atoms with Crippen molar-refractivity contribution >= 4 is 0 Å². The number of hydrogen-bond donors (Lipinski definition) is 1. The van der Waals surface area contributed by atoms with Crippen LogP contribution in [0.5, 0.6) is 5.75 Å². The molecule has 1 N–H and O–H groups in total. The summed E-state index contributed by atoms with van der Waals surface area (Å²) in [6, 6.07) is 7.95. The van der Waals surface area contributed by atoms with Gasteiger partial charge in [-0.3, -0.25) is 0 Å². The molecule has 0 saturated carbocycles. The first-order chi connectivity index (χ1) is 9.52. The molecule has 3 atom stereocenters. The first kappa shape index (κ1) is 15.3. The SMILES string of the molecule is Cc1cccc(OC[C@@H](O)CN2C[C@@H](C)C[C@H](C)C2)c1. The van der Waals surface area contributed by atoms with Gasteiger partial charge >= 0.3 is 0 Å². The van der Waals surface area contributed by atoms with Gasteiger partial charge in [0.2, 0.25) is 0 Å². The molecule has 1 saturated heterocycles. The van der Waals surface area contributed by atoms with Crippen LogP contribution in [-0.4, -0.2) is 42.4 Å². The highest BCUT2D eigenvalue weighted by Crippen LogP contribution is 2.21. The van der Waals surface area contributed by atoms with Crippen LogP contribution in [0.3, 0.4) is 0 Å². The number of likely N-dealkylation sites (tertiary alicyclic amines) is 1. The van der Waals surface area contributed by atoms with Gasteiger partial charge in [-0.15, -0.1) is 0 Å². The lowest BCUT2D eigenvalue weighted by Gasteiger charge is -2.35. The summed E-state index contributed by atoms with van der Waals surface area (Å²) >= 11 is 0. The van der Waals surface area contributed by atoms with Crippen LogP contribution >= 0.6 is 0 Å². The Bertz CT molecular complexity index is 411. The topological polar surface area (TPSA) is 32.7 Å². The van der Waals surface area contributed by atoms with Gasteiger partial charge in [-0.1, -0.05) is 26.0 Å². The summed E-state index contributed by atoms with van der Waals surface area (Å²) in [5.74, 6) is 2.29. The number of aliphatic hydroxyl groups excluding tert-OH is 1. The average molecular weight is 277 g/mol. The molecule has 1 aliphatic rings. The highest BCUT2D eigenvalue weighted by Gasteiger charge is 2.23. The summed E-state index contributed by atoms with van der Waals surface area (Å²) in [6.07, 6.45) is 0.875. The van der Waals surface area contributed by atoms with Gasteiger partial charge in [0.05, 0.1) is 0 Å². The van der Waals surface area contributed by atoms with Crippen LogP contribution in [-0.2, 0) is 0 Å². The third-order valence-corrected chi connectivity index (χ3v) is 3.85. The zero-order valence-corrected chi connectivity index (χ0v) is 12.9. The second-order valence-electron chi connectivity index (χ2n) is 6.45. The lowest BCUT2D eigenvalue weighted by atomic mass is 9.92. The van der Waals surface area contributed by atoms with Crippen molar-refractivity contribution in [1.82, 2.24) is 4.90 Å². The summed E-state index contributed by atoms with van der Waals surface area (Å²) in [5.41, 5.74) is 1.18. The molecule has 1 aromatic carbocycles. The monoisotopic (exact) mass is 277 g/mol. The average Bonchev–Trinajstić information content (AvgIpc) is 2.35. The van der Waals surface area contributed by atoms with E-state index in [0.717, 1.165) is 30.7 Å². The molecule has 1 aromatic rings. The van der Waals surface area contributed by atoms with Crippen LogP contribution in [0.1, 0.15) is 25.8 Å². The van der Waals surface area contributed by atoms with Crippen LogP contribution in [0.15, 0.2) is 24.3 Å². The van der Waals surface area contributed by atoms with E-state index < -0.39 is 6.10 Å². The molecule has 0 amide bonds. The molecular formula is C17H27NO2. The van der Waals surface area contributed by atoms with Crippen molar-refractivity contribution in [3.05, 3.63) is 29.8 Å². The Morgan fingerprint density at radius 3 is 2.65 bits per heavy atom. The minimum Gasteiger partial charge on any atom is -0.491 e. The zero-order valence-electron chi connectivity index (χ0n) is 12.9. The molecule has 0 spiro atoms. The van der Waals surface area contributed by atoms with Gasteiger partial charge in [0, 0.05) is 19.6 Å². The van der Waals surface area contributed by atoms with E-state index in [0.29, 0.717) is 13.2 Å². The van der Waals surface area contributed by atoms with E-state index in [1.54, 1.807) is 0 Å². The van der Waals surface area contributed by atoms with E-state index in [2.05, 4.69) is 18.7 Å². The number of aliphatic hydroxyl groups is 1. The summed E-state index contributed by atoms with van der Waals surface area (Å²) < 4.78 is 5.67. The molecule has 0 aromatic heterocycles. The molecule has 3 nitrogen and oxygen atoms in total. The normalized spacial score (nSPS) is 25.4. The van der Waals surface area contributed by atoms with Gasteiger partial charge in [0.15, 0.2) is 0 Å². The molecule has 1 heterocycles. The zero-order chi connectivity index (χ0) is 14.5. The van der Waals surface area contributed by atoms with Gasteiger partial charge in [0.25, 0.3) is 0 Å². The third-order valence-electron chi connectivity index (χ3n) is 3.85. The van der Waals surface area contributed by atoms with Crippen LogP contribution < -0.4 is 4.74 Å². The molecule has 112 valence electrons. The molecular weight excluding hydrogens is 250 g/mol. The number of aryl methyl sites for hydroxylation is 1. The minimum atomic E-state index is -0.423. The Balaban J connectivity index is 1.76. The number of benzene rings is 1. The molecule has 0 aliphatic carbocycles. The minimum absolute atomic E-state index is 0.364. The van der Waals surface area contributed by atoms with Crippen molar-refractivity contribution in [2.24, 2.45) is 11.8 Å². The van der Waals surface area contributed by atoms with E-state index >= 15 is 0 Å². The van der Waals surface area contributed by atoms with Crippen molar-refractivity contribution in [2.45, 2.75) is 33.3 Å². The number of rotatable bonds is 5. The van der Waals surface area contributed by atoms with Gasteiger partial charge < -0.3 is 14.7 Å². The molecule has 1 aliphatic heterocycles. The van der Waals surface area contributed by atoms with Gasteiger partial charge in [0.1, 0.15) is 18.5 Å². The molecule has 2 rings (SSSR count). The van der Waals surface area contributed by atoms with E-state index in [4.69, 9.17) is 4.74 Å². The maximum absolute atomic E-state index is 10.1. The lowest BCUT2D eigenvalue weighted by molar-refractivity contribution is 0.0429. The van der Waals surface area contributed by atoms with Crippen molar-refractivity contribution < 1.29 is 9.84 Å². The summed E-state index contributed by atoms with van der Waals surface area (Å²) in [7, 11) is 0. The fourth-order valence-corrected chi connectivity index (χ4v) is 3.19. The summed E-state index contributed by atoms with van der Waals surface area (Å²) in [4.78, 5) is 2.36. The van der Waals surface area contributed by atoms with Crippen LogP contribution in [0.25, 0.3) is 0 Å². The Kier molecular flexibility index (Phi) is 5.44. The van der Waals surface area contributed by atoms with Crippen molar-refractivity contribution in [1.29, 1.82) is 0 Å². The third kappa shape index (κ3) is 4.80. The fourth-order valence-electron chi connectivity index (χ4n) is 3.19. The standard InChI is InChI=1S/C17H27NO2/c1-13-5-4-6-17(8-13)20-12-16(19)11-18-9-14(2)7-15(3)10-18/h4-6,8,14-16,19H,7,9-12H2,1-3H3/t14-,15-,16-/m0/s1. The smallest absolute Gasteiger partial charge is 0.119 e. The highest BCUT2D eigenvalue weighted by molar-refractivity contribution is 5.27. The van der Waals surface area contributed by atoms with E-state index in [1.165, 1.54) is 12.0 Å². The van der Waals surface area contributed by atoms with Crippen LogP contribution in [0, 0.1) is 18.8 Å². The number of piperidine rings is 1. The molecule has 0 bridgehead atoms. The van der Waals surface area contributed by atoms with Gasteiger partial charge in [-0.05, 0) is 42.9 Å². The lowest BCUT2D eigenvalue weighted by Crippen LogP contribution is -2.43. The van der Waals surface area contributed by atoms with Crippen molar-refractivity contribution in [3.8, 4) is 5.75 Å². The van der Waals surface area contributed by atoms with Gasteiger partial charge in [-0.2, -0.15) is 0 Å². The van der Waals surface area contributed by atoms with Crippen molar-refractivity contribution in [2.75, 3.05) is 26.2 Å². The first-order valence-electron chi connectivity index (χ1n) is 7.63. The number of β-amino-alcohol motifs (C(OH)–C–C–N with tert-alkyl or cyclic N) is 1. The predicted molar refractivity (Wildman–Crippen MR) is 82.1 cm³/mol. The Labute approximate surface area is 122 Å². The molecule has 0 unspecified atom stereocenters.